The molecule has 1 aromatic rings. The van der Waals surface area contributed by atoms with Crippen molar-refractivity contribution in [3.8, 4) is 5.75 Å². The van der Waals surface area contributed by atoms with Crippen LogP contribution in [-0.4, -0.2) is 12.9 Å². The van der Waals surface area contributed by atoms with E-state index in [9.17, 15) is 4.79 Å². The number of hydrogen-bond acceptors (Lipinski definition) is 4. The van der Waals surface area contributed by atoms with Gasteiger partial charge in [-0.1, -0.05) is 12.1 Å². The largest absolute Gasteiger partial charge is 0.467 e. The second-order valence-corrected chi connectivity index (χ2v) is 4.48. The number of hydrogen-bond donors (Lipinski definition) is 0. The van der Waals surface area contributed by atoms with Crippen molar-refractivity contribution in [2.24, 2.45) is 4.99 Å². The molecule has 0 aromatic heterocycles. The highest BCUT2D eigenvalue weighted by Gasteiger charge is 2.41. The normalized spacial score (nSPS) is 20.5. The summed E-state index contributed by atoms with van der Waals surface area (Å²) in [5, 5.41) is 0. The first kappa shape index (κ1) is 10.5. The van der Waals surface area contributed by atoms with Gasteiger partial charge in [-0.05, 0) is 30.9 Å². The molecule has 0 unspecified atom stereocenters. The van der Waals surface area contributed by atoms with Crippen LogP contribution in [0.2, 0.25) is 0 Å². The molecule has 0 saturated heterocycles. The molecule has 4 heteroatoms. The molecule has 1 aliphatic heterocycles. The van der Waals surface area contributed by atoms with Crippen molar-refractivity contribution in [2.75, 3.05) is 6.79 Å². The van der Waals surface area contributed by atoms with Crippen molar-refractivity contribution in [3.63, 3.8) is 0 Å². The fraction of sp³-hybridized carbons (Fsp3) is 0.462. The van der Waals surface area contributed by atoms with Gasteiger partial charge in [0.25, 0.3) is 0 Å². The van der Waals surface area contributed by atoms with Gasteiger partial charge in [-0.3, -0.25) is 0 Å². The first-order valence-electron chi connectivity index (χ1n) is 5.78. The maximum atomic E-state index is 10.6. The molecule has 88 valence electrons. The molecule has 1 heterocycles. The second kappa shape index (κ2) is 3.99. The van der Waals surface area contributed by atoms with Crippen molar-refractivity contribution in [1.29, 1.82) is 0 Å². The van der Waals surface area contributed by atoms with E-state index in [0.717, 1.165) is 36.1 Å². The molecule has 0 N–H and O–H groups in total. The number of benzene rings is 1. The zero-order valence-electron chi connectivity index (χ0n) is 9.44. The molecule has 0 bridgehead atoms. The van der Waals surface area contributed by atoms with Crippen LogP contribution in [0.25, 0.3) is 0 Å². The van der Waals surface area contributed by atoms with E-state index in [4.69, 9.17) is 9.47 Å². The third-order valence-corrected chi connectivity index (χ3v) is 3.62. The monoisotopic (exact) mass is 231 g/mol. The number of fused-ring (bicyclic) bond motifs is 1. The smallest absolute Gasteiger partial charge is 0.235 e. The summed E-state index contributed by atoms with van der Waals surface area (Å²) in [6.07, 6.45) is 4.61. The van der Waals surface area contributed by atoms with E-state index in [0.29, 0.717) is 13.4 Å². The average Bonchev–Trinajstić information content (AvgIpc) is 2.33. The Balaban J connectivity index is 2.10. The SMILES string of the molecule is O=C=NC1(c2cccc3c2COCO3)CCC1. The van der Waals surface area contributed by atoms with Gasteiger partial charge in [-0.25, -0.2) is 4.79 Å². The summed E-state index contributed by atoms with van der Waals surface area (Å²) >= 11 is 0. The van der Waals surface area contributed by atoms with E-state index in [1.807, 2.05) is 18.2 Å². The zero-order chi connectivity index (χ0) is 11.7. The first-order valence-corrected chi connectivity index (χ1v) is 5.78. The van der Waals surface area contributed by atoms with Gasteiger partial charge in [0.15, 0.2) is 6.79 Å². The lowest BCUT2D eigenvalue weighted by atomic mass is 9.71. The predicted molar refractivity (Wildman–Crippen MR) is 60.4 cm³/mol. The van der Waals surface area contributed by atoms with Crippen molar-refractivity contribution in [2.45, 2.75) is 31.4 Å². The highest BCUT2D eigenvalue weighted by Crippen LogP contribution is 2.47. The molecular weight excluding hydrogens is 218 g/mol. The molecule has 3 rings (SSSR count). The number of isocyanates is 1. The molecule has 4 nitrogen and oxygen atoms in total. The van der Waals surface area contributed by atoms with E-state index < -0.39 is 0 Å². The van der Waals surface area contributed by atoms with E-state index in [1.165, 1.54) is 0 Å². The summed E-state index contributed by atoms with van der Waals surface area (Å²) in [6, 6.07) is 5.88. The maximum absolute atomic E-state index is 10.6. The Morgan fingerprint density at radius 3 is 2.94 bits per heavy atom. The molecule has 2 aliphatic rings. The summed E-state index contributed by atoms with van der Waals surface area (Å²) in [7, 11) is 0. The van der Waals surface area contributed by atoms with Gasteiger partial charge in [0.05, 0.1) is 12.1 Å². The van der Waals surface area contributed by atoms with Crippen LogP contribution >= 0.6 is 0 Å². The van der Waals surface area contributed by atoms with Crippen LogP contribution in [0.4, 0.5) is 0 Å². The molecule has 1 aliphatic carbocycles. The van der Waals surface area contributed by atoms with Gasteiger partial charge in [-0.15, -0.1) is 0 Å². The van der Waals surface area contributed by atoms with Crippen LogP contribution < -0.4 is 4.74 Å². The third-order valence-electron chi connectivity index (χ3n) is 3.62. The average molecular weight is 231 g/mol. The van der Waals surface area contributed by atoms with Gasteiger partial charge in [0.2, 0.25) is 6.08 Å². The van der Waals surface area contributed by atoms with Gasteiger partial charge in [0.1, 0.15) is 5.75 Å². The number of rotatable bonds is 2. The lowest BCUT2D eigenvalue weighted by molar-refractivity contribution is -0.0178. The lowest BCUT2D eigenvalue weighted by Gasteiger charge is -2.39. The van der Waals surface area contributed by atoms with Gasteiger partial charge < -0.3 is 9.47 Å². The predicted octanol–water partition coefficient (Wildman–Crippen LogP) is 2.27. The van der Waals surface area contributed by atoms with Crippen molar-refractivity contribution in [1.82, 2.24) is 0 Å². The molecule has 0 radical (unpaired) electrons. The van der Waals surface area contributed by atoms with Crippen LogP contribution in [0.3, 0.4) is 0 Å². The molecule has 0 atom stereocenters. The number of aliphatic imine (C=N–C) groups is 1. The Labute approximate surface area is 99.3 Å². The summed E-state index contributed by atoms with van der Waals surface area (Å²) in [4.78, 5) is 14.6. The van der Waals surface area contributed by atoms with Gasteiger partial charge in [0, 0.05) is 5.56 Å². The first-order chi connectivity index (χ1) is 8.36. The summed E-state index contributed by atoms with van der Waals surface area (Å²) in [6.45, 7) is 0.821. The number of ether oxygens (including phenoxy) is 2. The Kier molecular flexibility index (Phi) is 2.46. The minimum atomic E-state index is -0.378. The summed E-state index contributed by atoms with van der Waals surface area (Å²) < 4.78 is 10.8. The van der Waals surface area contributed by atoms with Gasteiger partial charge >= 0.3 is 0 Å². The van der Waals surface area contributed by atoms with Crippen LogP contribution in [0, 0.1) is 0 Å². The van der Waals surface area contributed by atoms with E-state index in [2.05, 4.69) is 4.99 Å². The molecule has 0 spiro atoms. The molecule has 1 fully saturated rings. The third kappa shape index (κ3) is 1.57. The van der Waals surface area contributed by atoms with Gasteiger partial charge in [-0.2, -0.15) is 4.99 Å². The number of carbonyl (C=O) groups excluding carboxylic acids is 1. The minimum absolute atomic E-state index is 0.292. The fourth-order valence-electron chi connectivity index (χ4n) is 2.58. The van der Waals surface area contributed by atoms with Crippen molar-refractivity contribution < 1.29 is 14.3 Å². The zero-order valence-corrected chi connectivity index (χ0v) is 9.44. The maximum Gasteiger partial charge on any atom is 0.235 e. The highest BCUT2D eigenvalue weighted by atomic mass is 16.7. The second-order valence-electron chi connectivity index (χ2n) is 4.48. The highest BCUT2D eigenvalue weighted by molar-refractivity contribution is 5.47. The van der Waals surface area contributed by atoms with Crippen LogP contribution in [0.15, 0.2) is 23.2 Å². The van der Waals surface area contributed by atoms with Crippen molar-refractivity contribution in [3.05, 3.63) is 29.3 Å². The Bertz CT molecular complexity index is 487. The number of nitrogens with zero attached hydrogens (tertiary/aromatic N) is 1. The summed E-state index contributed by atoms with van der Waals surface area (Å²) in [5.41, 5.74) is 1.71. The Hall–Kier alpha value is -1.64. The minimum Gasteiger partial charge on any atom is -0.467 e. The standard InChI is InChI=1S/C13H13NO3/c15-8-14-13(5-2-6-13)11-3-1-4-12-10(11)7-16-9-17-12/h1,3-4H,2,5-7,9H2. The molecule has 17 heavy (non-hydrogen) atoms. The topological polar surface area (TPSA) is 47.9 Å². The van der Waals surface area contributed by atoms with E-state index >= 15 is 0 Å². The van der Waals surface area contributed by atoms with Crippen LogP contribution in [0.1, 0.15) is 30.4 Å². The van der Waals surface area contributed by atoms with E-state index in [1.54, 1.807) is 6.08 Å². The lowest BCUT2D eigenvalue weighted by Crippen LogP contribution is -2.33. The van der Waals surface area contributed by atoms with Crippen LogP contribution in [0.5, 0.6) is 5.75 Å². The van der Waals surface area contributed by atoms with Crippen molar-refractivity contribution >= 4 is 6.08 Å². The molecule has 1 aromatic carbocycles. The fourth-order valence-corrected chi connectivity index (χ4v) is 2.58. The van der Waals surface area contributed by atoms with E-state index in [-0.39, 0.29) is 5.54 Å². The molecular formula is C13H13NO3. The molecule has 1 saturated carbocycles. The Morgan fingerprint density at radius 2 is 2.24 bits per heavy atom. The van der Waals surface area contributed by atoms with Crippen LogP contribution in [-0.2, 0) is 21.7 Å². The summed E-state index contributed by atoms with van der Waals surface area (Å²) in [5.74, 6) is 0.848. The quantitative estimate of drug-likeness (QED) is 0.579. The molecule has 0 amide bonds. The Morgan fingerprint density at radius 1 is 1.35 bits per heavy atom.